The van der Waals surface area contributed by atoms with Gasteiger partial charge in [0.2, 0.25) is 5.88 Å². The van der Waals surface area contributed by atoms with Crippen LogP contribution in [-0.2, 0) is 19.8 Å². The molecule has 4 aromatic rings. The van der Waals surface area contributed by atoms with Gasteiger partial charge in [0.05, 0.1) is 0 Å². The maximum Gasteiger partial charge on any atom is 0.213 e. The molecule has 4 nitrogen and oxygen atoms in total. The highest BCUT2D eigenvalue weighted by molar-refractivity contribution is 5.65. The fourth-order valence-electron chi connectivity index (χ4n) is 3.16. The van der Waals surface area contributed by atoms with Crippen molar-refractivity contribution < 1.29 is 9.47 Å². The third-order valence-corrected chi connectivity index (χ3v) is 4.82. The lowest BCUT2D eigenvalue weighted by Crippen LogP contribution is -2.03. The molecule has 0 radical (unpaired) electrons. The van der Waals surface area contributed by atoms with E-state index in [2.05, 4.69) is 11.1 Å². The Kier molecular flexibility index (Phi) is 6.38. The Labute approximate surface area is 176 Å². The number of nitrogens with zero attached hydrogens (tertiary/aromatic N) is 1. The average Bonchev–Trinajstić information content (AvgIpc) is 2.83. The zero-order valence-electron chi connectivity index (χ0n) is 16.7. The minimum atomic E-state index is 0.406. The van der Waals surface area contributed by atoms with E-state index in [1.807, 2.05) is 91.1 Å². The Bertz CT molecular complexity index is 1070. The molecule has 0 aliphatic heterocycles. The van der Waals surface area contributed by atoms with Gasteiger partial charge >= 0.3 is 0 Å². The zero-order chi connectivity index (χ0) is 20.6. The van der Waals surface area contributed by atoms with Crippen molar-refractivity contribution in [3.05, 3.63) is 114 Å². The number of benzene rings is 3. The molecule has 0 amide bonds. The summed E-state index contributed by atoms with van der Waals surface area (Å²) in [5, 5.41) is 0. The number of hydrogen-bond acceptors (Lipinski definition) is 4. The van der Waals surface area contributed by atoms with Crippen molar-refractivity contribution in [2.45, 2.75) is 19.8 Å². The van der Waals surface area contributed by atoms with Gasteiger partial charge in [-0.1, -0.05) is 66.7 Å². The Morgan fingerprint density at radius 2 is 1.30 bits per heavy atom. The van der Waals surface area contributed by atoms with Crippen molar-refractivity contribution in [3.63, 3.8) is 0 Å². The second-order valence-corrected chi connectivity index (χ2v) is 6.96. The monoisotopic (exact) mass is 396 g/mol. The van der Waals surface area contributed by atoms with E-state index in [1.165, 1.54) is 0 Å². The summed E-state index contributed by atoms with van der Waals surface area (Å²) in [4.78, 5) is 4.44. The molecule has 0 saturated carbocycles. The Morgan fingerprint density at radius 1 is 0.667 bits per heavy atom. The highest BCUT2D eigenvalue weighted by Gasteiger charge is 2.07. The molecular weight excluding hydrogens is 372 g/mol. The van der Waals surface area contributed by atoms with E-state index in [0.29, 0.717) is 25.6 Å². The van der Waals surface area contributed by atoms with Gasteiger partial charge < -0.3 is 15.2 Å². The highest BCUT2D eigenvalue weighted by Crippen LogP contribution is 2.27. The second-order valence-electron chi connectivity index (χ2n) is 6.96. The second kappa shape index (κ2) is 9.72. The van der Waals surface area contributed by atoms with Gasteiger partial charge in [-0.2, -0.15) is 0 Å². The molecule has 0 spiro atoms. The molecule has 0 aliphatic rings. The Balaban J connectivity index is 1.43. The molecule has 1 heterocycles. The van der Waals surface area contributed by atoms with E-state index in [4.69, 9.17) is 15.2 Å². The van der Waals surface area contributed by atoms with Crippen molar-refractivity contribution in [1.82, 2.24) is 4.98 Å². The van der Waals surface area contributed by atoms with Crippen LogP contribution in [0.5, 0.6) is 11.6 Å². The van der Waals surface area contributed by atoms with Crippen LogP contribution in [0.1, 0.15) is 16.7 Å². The zero-order valence-corrected chi connectivity index (χ0v) is 16.7. The minimum absolute atomic E-state index is 0.406. The molecule has 3 aromatic carbocycles. The van der Waals surface area contributed by atoms with Crippen molar-refractivity contribution in [1.29, 1.82) is 0 Å². The molecule has 0 bridgehead atoms. The Morgan fingerprint density at radius 3 is 1.90 bits per heavy atom. The molecule has 4 rings (SSSR count). The van der Waals surface area contributed by atoms with Gasteiger partial charge in [0, 0.05) is 29.9 Å². The minimum Gasteiger partial charge on any atom is -0.489 e. The summed E-state index contributed by atoms with van der Waals surface area (Å²) >= 11 is 0. The van der Waals surface area contributed by atoms with Crippen molar-refractivity contribution >= 4 is 0 Å². The summed E-state index contributed by atoms with van der Waals surface area (Å²) in [6.45, 7) is 1.42. The predicted octanol–water partition coefficient (Wildman–Crippen LogP) is 5.37. The lowest BCUT2D eigenvalue weighted by molar-refractivity contribution is 0.294. The van der Waals surface area contributed by atoms with E-state index in [9.17, 15) is 0 Å². The van der Waals surface area contributed by atoms with Crippen LogP contribution >= 0.6 is 0 Å². The van der Waals surface area contributed by atoms with Crippen molar-refractivity contribution in [2.24, 2.45) is 5.73 Å². The Hall–Kier alpha value is -3.63. The molecule has 0 unspecified atom stereocenters. The fraction of sp³-hybridized carbons (Fsp3) is 0.115. The number of ether oxygens (including phenoxy) is 2. The van der Waals surface area contributed by atoms with Crippen molar-refractivity contribution in [3.8, 4) is 22.8 Å². The third kappa shape index (κ3) is 5.04. The lowest BCUT2D eigenvalue weighted by Gasteiger charge is -2.13. The van der Waals surface area contributed by atoms with Crippen LogP contribution < -0.4 is 15.2 Å². The molecule has 1 aromatic heterocycles. The van der Waals surface area contributed by atoms with Crippen LogP contribution in [-0.4, -0.2) is 4.98 Å². The molecule has 4 heteroatoms. The average molecular weight is 396 g/mol. The topological polar surface area (TPSA) is 57.4 Å². The van der Waals surface area contributed by atoms with E-state index >= 15 is 0 Å². The van der Waals surface area contributed by atoms with E-state index < -0.39 is 0 Å². The molecule has 150 valence electrons. The maximum atomic E-state index is 5.98. The van der Waals surface area contributed by atoms with E-state index in [1.54, 1.807) is 0 Å². The number of rotatable bonds is 8. The number of hydrogen-bond donors (Lipinski definition) is 1. The van der Waals surface area contributed by atoms with Gasteiger partial charge in [0.15, 0.2) is 0 Å². The summed E-state index contributed by atoms with van der Waals surface area (Å²) in [7, 11) is 0. The quantitative estimate of drug-likeness (QED) is 0.435. The summed E-state index contributed by atoms with van der Waals surface area (Å²) in [5.74, 6) is 1.41. The first-order valence-corrected chi connectivity index (χ1v) is 9.95. The highest BCUT2D eigenvalue weighted by atomic mass is 16.5. The standard InChI is InChI=1S/C26H24N2O2/c27-16-24-15-22(11-13-25(24)29-18-20-7-3-1-4-8-20)23-12-14-26(28-17-23)30-19-21-9-5-2-6-10-21/h1-15,17H,16,18-19,27H2. The number of pyridine rings is 1. The van der Waals surface area contributed by atoms with E-state index in [-0.39, 0.29) is 0 Å². The SMILES string of the molecule is NCc1cc(-c2ccc(OCc3ccccc3)nc2)ccc1OCc1ccccc1. The third-order valence-electron chi connectivity index (χ3n) is 4.82. The van der Waals surface area contributed by atoms with Crippen LogP contribution in [0, 0.1) is 0 Å². The molecule has 0 aliphatic carbocycles. The van der Waals surface area contributed by atoms with Gasteiger partial charge in [0.25, 0.3) is 0 Å². The molecule has 0 atom stereocenters. The van der Waals surface area contributed by atoms with E-state index in [0.717, 1.165) is 33.6 Å². The lowest BCUT2D eigenvalue weighted by atomic mass is 10.0. The van der Waals surface area contributed by atoms with Gasteiger partial charge in [-0.05, 0) is 34.9 Å². The summed E-state index contributed by atoms with van der Waals surface area (Å²) in [5.41, 5.74) is 11.2. The van der Waals surface area contributed by atoms with Crippen LogP contribution in [0.2, 0.25) is 0 Å². The summed E-state index contributed by atoms with van der Waals surface area (Å²) in [6, 6.07) is 30.1. The van der Waals surface area contributed by atoms with Crippen LogP contribution in [0.3, 0.4) is 0 Å². The first-order valence-electron chi connectivity index (χ1n) is 9.95. The smallest absolute Gasteiger partial charge is 0.213 e. The summed E-state index contributed by atoms with van der Waals surface area (Å²) in [6.07, 6.45) is 1.82. The number of nitrogens with two attached hydrogens (primary N) is 1. The molecule has 2 N–H and O–H groups in total. The number of aromatic nitrogens is 1. The first-order chi connectivity index (χ1) is 14.8. The summed E-state index contributed by atoms with van der Waals surface area (Å²) < 4.78 is 11.8. The molecule has 30 heavy (non-hydrogen) atoms. The van der Waals surface area contributed by atoms with Crippen LogP contribution in [0.25, 0.3) is 11.1 Å². The normalized spacial score (nSPS) is 10.6. The molecule has 0 fully saturated rings. The van der Waals surface area contributed by atoms with Crippen LogP contribution in [0.4, 0.5) is 0 Å². The first kappa shape index (κ1) is 19.7. The van der Waals surface area contributed by atoms with Crippen molar-refractivity contribution in [2.75, 3.05) is 0 Å². The molecule has 0 saturated heterocycles. The largest absolute Gasteiger partial charge is 0.489 e. The van der Waals surface area contributed by atoms with Gasteiger partial charge in [-0.3, -0.25) is 0 Å². The van der Waals surface area contributed by atoms with Crippen LogP contribution in [0.15, 0.2) is 97.2 Å². The predicted molar refractivity (Wildman–Crippen MR) is 119 cm³/mol. The maximum absolute atomic E-state index is 5.98. The van der Waals surface area contributed by atoms with Gasteiger partial charge in [0.1, 0.15) is 19.0 Å². The van der Waals surface area contributed by atoms with Gasteiger partial charge in [-0.25, -0.2) is 4.98 Å². The van der Waals surface area contributed by atoms with Gasteiger partial charge in [-0.15, -0.1) is 0 Å². The fourth-order valence-corrected chi connectivity index (χ4v) is 3.16. The molecular formula is C26H24N2O2.